The van der Waals surface area contributed by atoms with Gasteiger partial charge in [-0.3, -0.25) is 14.4 Å². The SMILES string of the molecule is CCOCC(=O)c1cc(CC(C)=O)cc(CC(C)=O)c1. The van der Waals surface area contributed by atoms with Crippen molar-refractivity contribution in [1.29, 1.82) is 0 Å². The van der Waals surface area contributed by atoms with E-state index in [0.29, 0.717) is 12.2 Å². The van der Waals surface area contributed by atoms with E-state index in [-0.39, 0.29) is 36.8 Å². The van der Waals surface area contributed by atoms with E-state index in [1.165, 1.54) is 13.8 Å². The fraction of sp³-hybridized carbons (Fsp3) is 0.438. The molecule has 0 unspecified atom stereocenters. The predicted octanol–water partition coefficient (Wildman–Crippen LogP) is 2.17. The van der Waals surface area contributed by atoms with E-state index in [2.05, 4.69) is 0 Å². The number of carbonyl (C=O) groups is 3. The fourth-order valence-corrected chi connectivity index (χ4v) is 1.98. The molecular formula is C16H20O4. The minimum absolute atomic E-state index is 0.0134. The van der Waals surface area contributed by atoms with Gasteiger partial charge in [-0.05, 0) is 44.0 Å². The molecule has 4 nitrogen and oxygen atoms in total. The lowest BCUT2D eigenvalue weighted by Crippen LogP contribution is -2.11. The van der Waals surface area contributed by atoms with Crippen LogP contribution >= 0.6 is 0 Å². The number of Topliss-reactive ketones (excluding diaryl/α,β-unsaturated/α-hetero) is 3. The maximum absolute atomic E-state index is 12.0. The molecule has 0 aliphatic heterocycles. The summed E-state index contributed by atoms with van der Waals surface area (Å²) in [7, 11) is 0. The Kier molecular flexibility index (Phi) is 6.25. The van der Waals surface area contributed by atoms with Crippen molar-refractivity contribution in [2.75, 3.05) is 13.2 Å². The molecule has 0 atom stereocenters. The van der Waals surface area contributed by atoms with Crippen LogP contribution in [0.2, 0.25) is 0 Å². The van der Waals surface area contributed by atoms with Crippen molar-refractivity contribution in [2.45, 2.75) is 33.6 Å². The summed E-state index contributed by atoms with van der Waals surface area (Å²) in [5, 5.41) is 0. The summed E-state index contributed by atoms with van der Waals surface area (Å²) in [6.07, 6.45) is 0.529. The molecule has 0 aliphatic rings. The number of benzene rings is 1. The van der Waals surface area contributed by atoms with Crippen LogP contribution in [-0.2, 0) is 27.2 Å². The molecule has 0 saturated carbocycles. The monoisotopic (exact) mass is 276 g/mol. The minimum Gasteiger partial charge on any atom is -0.374 e. The first-order chi connectivity index (χ1) is 9.42. The Labute approximate surface area is 119 Å². The van der Waals surface area contributed by atoms with Crippen LogP contribution in [0, 0.1) is 0 Å². The molecule has 1 rings (SSSR count). The van der Waals surface area contributed by atoms with Crippen LogP contribution in [-0.4, -0.2) is 30.6 Å². The molecule has 0 spiro atoms. The van der Waals surface area contributed by atoms with Crippen molar-refractivity contribution in [3.63, 3.8) is 0 Å². The molecule has 0 fully saturated rings. The summed E-state index contributed by atoms with van der Waals surface area (Å²) < 4.78 is 5.11. The number of hydrogen-bond donors (Lipinski definition) is 0. The first kappa shape index (κ1) is 16.2. The van der Waals surface area contributed by atoms with Crippen molar-refractivity contribution in [1.82, 2.24) is 0 Å². The Hall–Kier alpha value is -1.81. The molecule has 1 aromatic rings. The number of hydrogen-bond acceptors (Lipinski definition) is 4. The van der Waals surface area contributed by atoms with E-state index in [1.54, 1.807) is 18.2 Å². The molecule has 0 aliphatic carbocycles. The molecule has 0 heterocycles. The van der Waals surface area contributed by atoms with E-state index in [1.807, 2.05) is 6.92 Å². The molecule has 4 heteroatoms. The van der Waals surface area contributed by atoms with Crippen molar-refractivity contribution in [3.8, 4) is 0 Å². The summed E-state index contributed by atoms with van der Waals surface area (Å²) in [5.74, 6) is -0.0941. The number of ketones is 3. The second-order valence-electron chi connectivity index (χ2n) is 4.86. The highest BCUT2D eigenvalue weighted by molar-refractivity contribution is 5.98. The van der Waals surface area contributed by atoms with Crippen LogP contribution < -0.4 is 0 Å². The molecule has 0 radical (unpaired) electrons. The molecule has 20 heavy (non-hydrogen) atoms. The van der Waals surface area contributed by atoms with Gasteiger partial charge in [0.2, 0.25) is 0 Å². The van der Waals surface area contributed by atoms with E-state index < -0.39 is 0 Å². The van der Waals surface area contributed by atoms with Crippen LogP contribution in [0.25, 0.3) is 0 Å². The van der Waals surface area contributed by atoms with Crippen molar-refractivity contribution >= 4 is 17.3 Å². The quantitative estimate of drug-likeness (QED) is 0.683. The van der Waals surface area contributed by atoms with Gasteiger partial charge in [0.05, 0.1) is 0 Å². The van der Waals surface area contributed by atoms with Gasteiger partial charge in [-0.1, -0.05) is 6.07 Å². The molecule has 0 bridgehead atoms. The minimum atomic E-state index is -0.137. The van der Waals surface area contributed by atoms with Gasteiger partial charge in [-0.2, -0.15) is 0 Å². The topological polar surface area (TPSA) is 60.4 Å². The third kappa shape index (κ3) is 5.45. The third-order valence-electron chi connectivity index (χ3n) is 2.72. The van der Waals surface area contributed by atoms with Crippen molar-refractivity contribution < 1.29 is 19.1 Å². The molecule has 0 N–H and O–H groups in total. The van der Waals surface area contributed by atoms with E-state index >= 15 is 0 Å². The molecule has 108 valence electrons. The molecule has 0 amide bonds. The number of rotatable bonds is 8. The highest BCUT2D eigenvalue weighted by atomic mass is 16.5. The fourth-order valence-electron chi connectivity index (χ4n) is 1.98. The summed E-state index contributed by atoms with van der Waals surface area (Å²) in [6.45, 7) is 5.30. The van der Waals surface area contributed by atoms with Crippen LogP contribution in [0.15, 0.2) is 18.2 Å². The highest BCUT2D eigenvalue weighted by Gasteiger charge is 2.11. The van der Waals surface area contributed by atoms with Gasteiger partial charge >= 0.3 is 0 Å². The smallest absolute Gasteiger partial charge is 0.188 e. The predicted molar refractivity (Wildman–Crippen MR) is 76.0 cm³/mol. The Morgan fingerprint density at radius 1 is 0.950 bits per heavy atom. The molecule has 0 aromatic heterocycles. The third-order valence-corrected chi connectivity index (χ3v) is 2.72. The molecule has 0 saturated heterocycles. The molecular weight excluding hydrogens is 256 g/mol. The zero-order valence-electron chi connectivity index (χ0n) is 12.2. The Morgan fingerprint density at radius 3 is 1.85 bits per heavy atom. The van der Waals surface area contributed by atoms with Gasteiger partial charge < -0.3 is 4.74 Å². The lowest BCUT2D eigenvalue weighted by atomic mass is 9.98. The number of carbonyl (C=O) groups excluding carboxylic acids is 3. The summed E-state index contributed by atoms with van der Waals surface area (Å²) in [4.78, 5) is 34.4. The van der Waals surface area contributed by atoms with Crippen LogP contribution in [0.1, 0.15) is 42.3 Å². The lowest BCUT2D eigenvalue weighted by Gasteiger charge is -2.08. The largest absolute Gasteiger partial charge is 0.374 e. The maximum atomic E-state index is 12.0. The van der Waals surface area contributed by atoms with Crippen molar-refractivity contribution in [3.05, 3.63) is 34.9 Å². The van der Waals surface area contributed by atoms with Crippen LogP contribution in [0.3, 0.4) is 0 Å². The first-order valence-corrected chi connectivity index (χ1v) is 6.65. The second-order valence-corrected chi connectivity index (χ2v) is 4.86. The normalized spacial score (nSPS) is 10.3. The van der Waals surface area contributed by atoms with Gasteiger partial charge in [0, 0.05) is 25.0 Å². The Morgan fingerprint density at radius 2 is 1.45 bits per heavy atom. The van der Waals surface area contributed by atoms with Crippen molar-refractivity contribution in [2.24, 2.45) is 0 Å². The molecule has 1 aromatic carbocycles. The summed E-state index contributed by atoms with van der Waals surface area (Å²) >= 11 is 0. The average Bonchev–Trinajstić information content (AvgIpc) is 2.33. The van der Waals surface area contributed by atoms with Crippen LogP contribution in [0.5, 0.6) is 0 Å². The van der Waals surface area contributed by atoms with E-state index in [0.717, 1.165) is 11.1 Å². The Bertz CT molecular complexity index is 483. The van der Waals surface area contributed by atoms with Gasteiger partial charge in [0.15, 0.2) is 5.78 Å². The zero-order chi connectivity index (χ0) is 15.1. The van der Waals surface area contributed by atoms with E-state index in [4.69, 9.17) is 4.74 Å². The first-order valence-electron chi connectivity index (χ1n) is 6.65. The van der Waals surface area contributed by atoms with E-state index in [9.17, 15) is 14.4 Å². The average molecular weight is 276 g/mol. The zero-order valence-corrected chi connectivity index (χ0v) is 12.2. The standard InChI is InChI=1S/C16H20O4/c1-4-20-10-16(19)15-8-13(5-11(2)17)7-14(9-15)6-12(3)18/h7-9H,4-6,10H2,1-3H3. The Balaban J connectivity index is 3.05. The summed E-state index contributed by atoms with van der Waals surface area (Å²) in [5.41, 5.74) is 2.01. The maximum Gasteiger partial charge on any atom is 0.188 e. The lowest BCUT2D eigenvalue weighted by molar-refractivity contribution is -0.117. The van der Waals surface area contributed by atoms with Gasteiger partial charge in [0.25, 0.3) is 0 Å². The van der Waals surface area contributed by atoms with Gasteiger partial charge in [0.1, 0.15) is 18.2 Å². The van der Waals surface area contributed by atoms with Gasteiger partial charge in [-0.25, -0.2) is 0 Å². The highest BCUT2D eigenvalue weighted by Crippen LogP contribution is 2.14. The van der Waals surface area contributed by atoms with Crippen LogP contribution in [0.4, 0.5) is 0 Å². The second kappa shape index (κ2) is 7.70. The van der Waals surface area contributed by atoms with Gasteiger partial charge in [-0.15, -0.1) is 0 Å². The number of ether oxygens (including phenoxy) is 1. The summed E-state index contributed by atoms with van der Waals surface area (Å²) in [6, 6.07) is 5.21.